The van der Waals surface area contributed by atoms with Gasteiger partial charge >= 0.3 is 12.1 Å². The molecule has 4 aromatic rings. The second-order valence-electron chi connectivity index (χ2n) is 7.06. The first-order chi connectivity index (χ1) is 16.1. The van der Waals surface area contributed by atoms with Gasteiger partial charge in [-0.2, -0.15) is 18.2 Å². The van der Waals surface area contributed by atoms with Gasteiger partial charge in [0.25, 0.3) is 11.7 Å². The quantitative estimate of drug-likeness (QED) is 0.396. The number of carbonyl (C=O) groups is 2. The minimum absolute atomic E-state index is 0.0527. The molecule has 1 unspecified atom stereocenters. The fourth-order valence-electron chi connectivity index (χ4n) is 2.88. The molecule has 176 valence electrons. The summed E-state index contributed by atoms with van der Waals surface area (Å²) in [5.41, 5.74) is -0.827. The van der Waals surface area contributed by atoms with Crippen molar-refractivity contribution >= 4 is 29.0 Å². The summed E-state index contributed by atoms with van der Waals surface area (Å²) in [6, 6.07) is 9.36. The lowest BCUT2D eigenvalue weighted by molar-refractivity contribution is -0.137. The molecule has 0 aliphatic rings. The highest BCUT2D eigenvalue weighted by Crippen LogP contribution is 2.32. The molecule has 0 spiro atoms. The smallest absolute Gasteiger partial charge is 0.416 e. The normalized spacial score (nSPS) is 12.4. The van der Waals surface area contributed by atoms with Crippen LogP contribution in [0, 0.1) is 6.92 Å². The van der Waals surface area contributed by atoms with Crippen LogP contribution >= 0.6 is 11.3 Å². The molecule has 1 amide bonds. The number of nitrogens with zero attached hydrogens (tertiary/aromatic N) is 4. The van der Waals surface area contributed by atoms with Gasteiger partial charge in [-0.25, -0.2) is 9.48 Å². The molecule has 1 N–H and O–H groups in total. The van der Waals surface area contributed by atoms with E-state index in [-0.39, 0.29) is 17.3 Å². The molecule has 3 heterocycles. The highest BCUT2D eigenvalue weighted by molar-refractivity contribution is 7.13. The lowest BCUT2D eigenvalue weighted by Crippen LogP contribution is -2.30. The predicted octanol–water partition coefficient (Wildman–Crippen LogP) is 4.50. The van der Waals surface area contributed by atoms with Crippen molar-refractivity contribution in [2.45, 2.75) is 26.1 Å². The molecule has 13 heteroatoms. The van der Waals surface area contributed by atoms with Crippen LogP contribution in [-0.2, 0) is 15.7 Å². The number of esters is 1. The Kier molecular flexibility index (Phi) is 6.20. The minimum atomic E-state index is -4.56. The Bertz CT molecular complexity index is 1330. The number of thiophene rings is 1. The molecular formula is C21H16F3N5O4S. The summed E-state index contributed by atoms with van der Waals surface area (Å²) < 4.78 is 50.7. The number of hydrogen-bond acceptors (Lipinski definition) is 8. The number of nitrogens with one attached hydrogen (secondary N) is 1. The lowest BCUT2D eigenvalue weighted by Gasteiger charge is -2.10. The highest BCUT2D eigenvalue weighted by atomic mass is 32.1. The van der Waals surface area contributed by atoms with E-state index in [1.54, 1.807) is 24.4 Å². The van der Waals surface area contributed by atoms with Crippen molar-refractivity contribution in [3.05, 3.63) is 65.0 Å². The molecule has 3 aromatic heterocycles. The van der Waals surface area contributed by atoms with Crippen molar-refractivity contribution < 1.29 is 32.0 Å². The molecule has 0 aliphatic heterocycles. The van der Waals surface area contributed by atoms with Crippen LogP contribution in [0.5, 0.6) is 0 Å². The van der Waals surface area contributed by atoms with Gasteiger partial charge in [-0.05, 0) is 43.5 Å². The summed E-state index contributed by atoms with van der Waals surface area (Å²) >= 11 is 1.26. The number of anilines is 1. The number of rotatable bonds is 6. The molecule has 0 radical (unpaired) electrons. The van der Waals surface area contributed by atoms with Gasteiger partial charge in [0.1, 0.15) is 5.76 Å². The number of amides is 1. The van der Waals surface area contributed by atoms with Crippen LogP contribution in [-0.4, -0.2) is 37.9 Å². The van der Waals surface area contributed by atoms with Crippen molar-refractivity contribution in [3.8, 4) is 16.4 Å². The van der Waals surface area contributed by atoms with Gasteiger partial charge < -0.3 is 14.6 Å². The highest BCUT2D eigenvalue weighted by Gasteiger charge is 2.31. The monoisotopic (exact) mass is 491 g/mol. The molecular weight excluding hydrogens is 475 g/mol. The molecule has 1 aromatic carbocycles. The minimum Gasteiger partial charge on any atom is -0.447 e. The molecule has 0 fully saturated rings. The van der Waals surface area contributed by atoms with E-state index >= 15 is 0 Å². The first kappa shape index (κ1) is 23.2. The third kappa shape index (κ3) is 4.98. The number of ether oxygens (including phenoxy) is 1. The van der Waals surface area contributed by atoms with Gasteiger partial charge in [-0.1, -0.05) is 17.3 Å². The van der Waals surface area contributed by atoms with E-state index in [4.69, 9.17) is 9.26 Å². The number of aromatic nitrogens is 4. The maximum atomic E-state index is 13.2. The van der Waals surface area contributed by atoms with E-state index in [9.17, 15) is 22.8 Å². The van der Waals surface area contributed by atoms with Crippen LogP contribution in [0.2, 0.25) is 0 Å². The molecule has 1 atom stereocenters. The summed E-state index contributed by atoms with van der Waals surface area (Å²) in [4.78, 5) is 29.7. The zero-order valence-electron chi connectivity index (χ0n) is 17.7. The first-order valence-corrected chi connectivity index (χ1v) is 10.6. The van der Waals surface area contributed by atoms with Crippen LogP contribution in [0.25, 0.3) is 16.4 Å². The summed E-state index contributed by atoms with van der Waals surface area (Å²) in [6.45, 7) is 2.98. The molecule has 4 rings (SSSR count). The van der Waals surface area contributed by atoms with Crippen LogP contribution in [0.3, 0.4) is 0 Å². The van der Waals surface area contributed by atoms with Crippen LogP contribution in [0.4, 0.5) is 19.0 Å². The molecule has 34 heavy (non-hydrogen) atoms. The SMILES string of the molecule is Cc1cc(NC(=O)C(C)OC(=O)c2nc(-c3cccs3)n(-c3cccc(C(F)(F)F)c3)n2)no1. The lowest BCUT2D eigenvalue weighted by atomic mass is 10.2. The number of halogens is 3. The van der Waals surface area contributed by atoms with Gasteiger partial charge in [0.15, 0.2) is 17.7 Å². The van der Waals surface area contributed by atoms with Crippen molar-refractivity contribution in [1.82, 2.24) is 19.9 Å². The summed E-state index contributed by atoms with van der Waals surface area (Å²) in [6.07, 6.45) is -5.80. The average molecular weight is 491 g/mol. The molecule has 0 saturated carbocycles. The summed E-state index contributed by atoms with van der Waals surface area (Å²) in [5, 5.41) is 11.9. The Hall–Kier alpha value is -4.00. The van der Waals surface area contributed by atoms with Gasteiger partial charge in [0.05, 0.1) is 16.1 Å². The largest absolute Gasteiger partial charge is 0.447 e. The fourth-order valence-corrected chi connectivity index (χ4v) is 3.58. The van der Waals surface area contributed by atoms with Gasteiger partial charge in [-0.15, -0.1) is 16.4 Å². The standard InChI is InChI=1S/C21H16F3N5O4S/c1-11-9-16(28-33-11)25-19(30)12(2)32-20(31)17-26-18(15-7-4-8-34-15)29(27-17)14-6-3-5-13(10-14)21(22,23)24/h3-10,12H,1-2H3,(H,25,28,30). The fraction of sp³-hybridized carbons (Fsp3) is 0.190. The molecule has 0 aliphatic carbocycles. The number of aryl methyl sites for hydroxylation is 1. The van der Waals surface area contributed by atoms with Crippen molar-refractivity contribution in [2.75, 3.05) is 5.32 Å². The molecule has 0 bridgehead atoms. The van der Waals surface area contributed by atoms with Crippen LogP contribution in [0.15, 0.2) is 52.4 Å². The van der Waals surface area contributed by atoms with E-state index in [1.165, 1.54) is 36.5 Å². The van der Waals surface area contributed by atoms with Crippen LogP contribution in [0.1, 0.15) is 28.9 Å². The Morgan fingerprint density at radius 3 is 2.65 bits per heavy atom. The second-order valence-corrected chi connectivity index (χ2v) is 8.00. The Morgan fingerprint density at radius 1 is 1.21 bits per heavy atom. The Morgan fingerprint density at radius 2 is 2.00 bits per heavy atom. The van der Waals surface area contributed by atoms with Crippen molar-refractivity contribution in [2.24, 2.45) is 0 Å². The van der Waals surface area contributed by atoms with E-state index in [0.29, 0.717) is 10.6 Å². The van der Waals surface area contributed by atoms with E-state index in [2.05, 4.69) is 20.6 Å². The number of alkyl halides is 3. The van der Waals surface area contributed by atoms with Crippen LogP contribution < -0.4 is 5.32 Å². The maximum Gasteiger partial charge on any atom is 0.416 e. The van der Waals surface area contributed by atoms with Gasteiger partial charge in [-0.3, -0.25) is 4.79 Å². The van der Waals surface area contributed by atoms with E-state index in [1.807, 2.05) is 0 Å². The zero-order valence-corrected chi connectivity index (χ0v) is 18.5. The zero-order chi connectivity index (χ0) is 24.5. The number of benzene rings is 1. The molecule has 9 nitrogen and oxygen atoms in total. The molecule has 0 saturated heterocycles. The maximum absolute atomic E-state index is 13.2. The van der Waals surface area contributed by atoms with Crippen molar-refractivity contribution in [3.63, 3.8) is 0 Å². The Labute approximate surface area is 194 Å². The predicted molar refractivity (Wildman–Crippen MR) is 114 cm³/mol. The average Bonchev–Trinajstić information content (AvgIpc) is 3.54. The van der Waals surface area contributed by atoms with E-state index < -0.39 is 35.5 Å². The summed E-state index contributed by atoms with van der Waals surface area (Å²) in [5.74, 6) is -1.34. The summed E-state index contributed by atoms with van der Waals surface area (Å²) in [7, 11) is 0. The van der Waals surface area contributed by atoms with Gasteiger partial charge in [0, 0.05) is 6.07 Å². The second kappa shape index (κ2) is 9.09. The number of carbonyl (C=O) groups excluding carboxylic acids is 2. The van der Waals surface area contributed by atoms with Crippen molar-refractivity contribution in [1.29, 1.82) is 0 Å². The Balaban J connectivity index is 1.60. The third-order valence-electron chi connectivity index (χ3n) is 4.48. The van der Waals surface area contributed by atoms with E-state index in [0.717, 1.165) is 16.8 Å². The third-order valence-corrected chi connectivity index (χ3v) is 5.35. The first-order valence-electron chi connectivity index (χ1n) is 9.75. The topological polar surface area (TPSA) is 112 Å². The number of hydrogen-bond donors (Lipinski definition) is 1. The van der Waals surface area contributed by atoms with Gasteiger partial charge in [0.2, 0.25) is 0 Å².